The van der Waals surface area contributed by atoms with Crippen LogP contribution in [0, 0.1) is 13.8 Å². The van der Waals surface area contributed by atoms with Crippen molar-refractivity contribution >= 4 is 5.91 Å². The number of piperidine rings is 2. The first kappa shape index (κ1) is 18.2. The Bertz CT molecular complexity index is 791. The molecular weight excluding hydrogens is 338 g/mol. The number of nitrogens with zero attached hydrogens (tertiary/aromatic N) is 4. The predicted molar refractivity (Wildman–Crippen MR) is 105 cm³/mol. The second kappa shape index (κ2) is 7.80. The fraction of sp³-hybridized carbons (Fsp3) is 0.571. The molecule has 2 aliphatic rings. The van der Waals surface area contributed by atoms with Crippen LogP contribution in [0.1, 0.15) is 71.5 Å². The van der Waals surface area contributed by atoms with Crippen molar-refractivity contribution in [3.05, 3.63) is 46.8 Å². The lowest BCUT2D eigenvalue weighted by Gasteiger charge is -2.36. The monoisotopic (exact) mass is 367 g/mol. The zero-order chi connectivity index (χ0) is 18.8. The van der Waals surface area contributed by atoms with E-state index in [4.69, 9.17) is 0 Å². The Morgan fingerprint density at radius 2 is 1.81 bits per heavy atom. The maximum Gasteiger partial charge on any atom is 0.276 e. The van der Waals surface area contributed by atoms with Gasteiger partial charge in [0, 0.05) is 6.54 Å². The van der Waals surface area contributed by atoms with E-state index in [2.05, 4.69) is 46.8 Å². The van der Waals surface area contributed by atoms with Crippen LogP contribution in [0.5, 0.6) is 0 Å². The Balaban J connectivity index is 1.58. The first-order valence-electron chi connectivity index (χ1n) is 10.1. The molecule has 2 saturated heterocycles. The highest BCUT2D eigenvalue weighted by Gasteiger charge is 2.32. The van der Waals surface area contributed by atoms with E-state index in [1.807, 2.05) is 16.5 Å². The number of nitrogens with one attached hydrogen (secondary N) is 1. The minimum atomic E-state index is 0.0259. The highest BCUT2D eigenvalue weighted by molar-refractivity contribution is 5.93. The lowest BCUT2D eigenvalue weighted by atomic mass is 9.94. The Labute approximate surface area is 160 Å². The zero-order valence-electron chi connectivity index (χ0n) is 16.3. The van der Waals surface area contributed by atoms with Crippen LogP contribution in [0.3, 0.4) is 0 Å². The van der Waals surface area contributed by atoms with Gasteiger partial charge in [0.25, 0.3) is 5.91 Å². The summed E-state index contributed by atoms with van der Waals surface area (Å²) in [6, 6.07) is 9.05. The standard InChI is InChI=1S/C21H29N5O/c1-15-6-8-17(9-7-15)19-5-3-4-14-25(19)21(27)20-16(2)26(24-23-20)18-10-12-22-13-11-18/h6-9,18-19,22H,3-5,10-14H2,1-2H3. The molecule has 6 nitrogen and oxygen atoms in total. The number of rotatable bonds is 3. The summed E-state index contributed by atoms with van der Waals surface area (Å²) >= 11 is 0. The van der Waals surface area contributed by atoms with E-state index in [9.17, 15) is 4.79 Å². The van der Waals surface area contributed by atoms with E-state index in [1.165, 1.54) is 11.1 Å². The van der Waals surface area contributed by atoms with Gasteiger partial charge in [0.2, 0.25) is 0 Å². The molecule has 1 unspecified atom stereocenters. The third kappa shape index (κ3) is 3.63. The van der Waals surface area contributed by atoms with Crippen molar-refractivity contribution in [1.82, 2.24) is 25.2 Å². The largest absolute Gasteiger partial charge is 0.330 e. The molecule has 2 fully saturated rings. The summed E-state index contributed by atoms with van der Waals surface area (Å²) < 4.78 is 1.97. The molecule has 1 aromatic heterocycles. The van der Waals surface area contributed by atoms with Gasteiger partial charge in [-0.3, -0.25) is 4.79 Å². The molecule has 0 bridgehead atoms. The molecule has 27 heavy (non-hydrogen) atoms. The number of likely N-dealkylation sites (tertiary alicyclic amines) is 1. The maximum atomic E-state index is 13.4. The van der Waals surface area contributed by atoms with Crippen molar-refractivity contribution in [3.8, 4) is 0 Å². The first-order chi connectivity index (χ1) is 13.1. The molecule has 0 saturated carbocycles. The molecule has 0 spiro atoms. The second-order valence-electron chi connectivity index (χ2n) is 7.87. The normalized spacial score (nSPS) is 21.4. The smallest absolute Gasteiger partial charge is 0.276 e. The highest BCUT2D eigenvalue weighted by atomic mass is 16.2. The van der Waals surface area contributed by atoms with Crippen LogP contribution in [0.15, 0.2) is 24.3 Å². The number of carbonyl (C=O) groups is 1. The van der Waals surface area contributed by atoms with E-state index in [-0.39, 0.29) is 11.9 Å². The van der Waals surface area contributed by atoms with E-state index >= 15 is 0 Å². The molecule has 6 heteroatoms. The third-order valence-corrected chi connectivity index (χ3v) is 6.01. The Hall–Kier alpha value is -2.21. The number of hydrogen-bond acceptors (Lipinski definition) is 4. The van der Waals surface area contributed by atoms with Crippen LogP contribution >= 0.6 is 0 Å². The molecule has 1 aromatic carbocycles. The van der Waals surface area contributed by atoms with Crippen molar-refractivity contribution < 1.29 is 4.79 Å². The average molecular weight is 367 g/mol. The Kier molecular flexibility index (Phi) is 5.25. The fourth-order valence-corrected chi connectivity index (χ4v) is 4.38. The van der Waals surface area contributed by atoms with Gasteiger partial charge in [0.15, 0.2) is 5.69 Å². The van der Waals surface area contributed by atoms with Gasteiger partial charge in [-0.15, -0.1) is 5.10 Å². The van der Waals surface area contributed by atoms with Crippen molar-refractivity contribution in [3.63, 3.8) is 0 Å². The van der Waals surface area contributed by atoms with Crippen molar-refractivity contribution in [1.29, 1.82) is 0 Å². The number of aromatic nitrogens is 3. The van der Waals surface area contributed by atoms with E-state index in [0.29, 0.717) is 11.7 Å². The third-order valence-electron chi connectivity index (χ3n) is 6.01. The number of benzene rings is 1. The van der Waals surface area contributed by atoms with Crippen LogP contribution in [0.2, 0.25) is 0 Å². The minimum Gasteiger partial charge on any atom is -0.330 e. The van der Waals surface area contributed by atoms with Crippen molar-refractivity contribution in [2.24, 2.45) is 0 Å². The summed E-state index contributed by atoms with van der Waals surface area (Å²) in [7, 11) is 0. The number of carbonyl (C=O) groups excluding carboxylic acids is 1. The van der Waals surface area contributed by atoms with Gasteiger partial charge in [0.05, 0.1) is 17.8 Å². The van der Waals surface area contributed by atoms with Gasteiger partial charge in [-0.1, -0.05) is 35.0 Å². The zero-order valence-corrected chi connectivity index (χ0v) is 16.3. The molecule has 1 atom stereocenters. The van der Waals surface area contributed by atoms with Crippen LogP contribution in [-0.2, 0) is 0 Å². The molecular formula is C21H29N5O. The summed E-state index contributed by atoms with van der Waals surface area (Å²) in [5, 5.41) is 12.0. The SMILES string of the molecule is Cc1ccc(C2CCCCN2C(=O)c2nnn(C3CCNCC3)c2C)cc1. The maximum absolute atomic E-state index is 13.4. The molecule has 4 rings (SSSR count). The van der Waals surface area contributed by atoms with Gasteiger partial charge in [-0.2, -0.15) is 0 Å². The van der Waals surface area contributed by atoms with Crippen molar-refractivity contribution in [2.45, 2.75) is 58.0 Å². The quantitative estimate of drug-likeness (QED) is 0.905. The lowest BCUT2D eigenvalue weighted by Crippen LogP contribution is -2.39. The molecule has 144 valence electrons. The molecule has 1 N–H and O–H groups in total. The Morgan fingerprint density at radius 3 is 2.56 bits per heavy atom. The van der Waals surface area contributed by atoms with Crippen LogP contribution in [0.25, 0.3) is 0 Å². The van der Waals surface area contributed by atoms with Crippen LogP contribution in [0.4, 0.5) is 0 Å². The van der Waals surface area contributed by atoms with E-state index < -0.39 is 0 Å². The summed E-state index contributed by atoms with van der Waals surface area (Å²) in [5.41, 5.74) is 3.89. The highest BCUT2D eigenvalue weighted by Crippen LogP contribution is 2.32. The second-order valence-corrected chi connectivity index (χ2v) is 7.87. The number of aryl methyl sites for hydroxylation is 1. The minimum absolute atomic E-state index is 0.0259. The molecule has 0 radical (unpaired) electrons. The molecule has 0 aliphatic carbocycles. The summed E-state index contributed by atoms with van der Waals surface area (Å²) in [4.78, 5) is 15.4. The first-order valence-corrected chi connectivity index (χ1v) is 10.1. The van der Waals surface area contributed by atoms with E-state index in [0.717, 1.165) is 57.4 Å². The number of amides is 1. The molecule has 2 aromatic rings. The van der Waals surface area contributed by atoms with Gasteiger partial charge in [-0.05, 0) is 64.6 Å². The topological polar surface area (TPSA) is 63.1 Å². The summed E-state index contributed by atoms with van der Waals surface area (Å²) in [6.07, 6.45) is 5.29. The summed E-state index contributed by atoms with van der Waals surface area (Å²) in [5.74, 6) is 0.0259. The van der Waals surface area contributed by atoms with Gasteiger partial charge < -0.3 is 10.2 Å². The fourth-order valence-electron chi connectivity index (χ4n) is 4.38. The van der Waals surface area contributed by atoms with Gasteiger partial charge in [-0.25, -0.2) is 4.68 Å². The van der Waals surface area contributed by atoms with Crippen molar-refractivity contribution in [2.75, 3.05) is 19.6 Å². The van der Waals surface area contributed by atoms with Crippen LogP contribution < -0.4 is 5.32 Å². The van der Waals surface area contributed by atoms with E-state index in [1.54, 1.807) is 0 Å². The molecule has 1 amide bonds. The number of hydrogen-bond donors (Lipinski definition) is 1. The average Bonchev–Trinajstić information content (AvgIpc) is 3.10. The van der Waals surface area contributed by atoms with Gasteiger partial charge in [0.1, 0.15) is 0 Å². The molecule has 2 aliphatic heterocycles. The summed E-state index contributed by atoms with van der Waals surface area (Å²) in [6.45, 7) is 6.86. The molecule has 3 heterocycles. The Morgan fingerprint density at radius 1 is 1.07 bits per heavy atom. The lowest BCUT2D eigenvalue weighted by molar-refractivity contribution is 0.0604. The van der Waals surface area contributed by atoms with Gasteiger partial charge >= 0.3 is 0 Å². The predicted octanol–water partition coefficient (Wildman–Crippen LogP) is 3.19. The van der Waals surface area contributed by atoms with Crippen LogP contribution in [-0.4, -0.2) is 45.4 Å².